The average Bonchev–Trinajstić information content (AvgIpc) is 2.16. The molecule has 3 heteroatoms. The number of pyridine rings is 1. The van der Waals surface area contributed by atoms with Gasteiger partial charge in [-0.25, -0.2) is 9.98 Å². The minimum absolute atomic E-state index is 0. The molecule has 0 aromatic carbocycles. The van der Waals surface area contributed by atoms with E-state index < -0.39 is 0 Å². The predicted octanol–water partition coefficient (Wildman–Crippen LogP) is 2.34. The zero-order chi connectivity index (χ0) is 8.97. The lowest BCUT2D eigenvalue weighted by Crippen LogP contribution is -1.92. The van der Waals surface area contributed by atoms with E-state index in [-0.39, 0.29) is 1.43 Å². The molecule has 1 aromatic rings. The number of hydrogen-bond acceptors (Lipinski definition) is 3. The minimum Gasteiger partial charge on any atom is -0.373 e. The lowest BCUT2D eigenvalue weighted by molar-refractivity contribution is 1.25. The van der Waals surface area contributed by atoms with Crippen LogP contribution < -0.4 is 5.32 Å². The fourth-order valence-corrected chi connectivity index (χ4v) is 0.884. The average molecular weight is 163 g/mol. The van der Waals surface area contributed by atoms with Crippen molar-refractivity contribution in [1.82, 2.24) is 4.98 Å². The monoisotopic (exact) mass is 163 g/mol. The molecule has 0 unspecified atom stereocenters. The van der Waals surface area contributed by atoms with Crippen molar-refractivity contribution >= 4 is 24.4 Å². The van der Waals surface area contributed by atoms with Crippen molar-refractivity contribution in [2.45, 2.75) is 0 Å². The molecule has 64 valence electrons. The summed E-state index contributed by atoms with van der Waals surface area (Å²) in [6.07, 6.45) is 1.70. The van der Waals surface area contributed by atoms with Crippen molar-refractivity contribution in [3.8, 4) is 0 Å². The first-order valence-corrected chi connectivity index (χ1v) is 3.59. The van der Waals surface area contributed by atoms with Crippen LogP contribution in [0, 0.1) is 0 Å². The molecule has 1 aromatic heterocycles. The van der Waals surface area contributed by atoms with E-state index >= 15 is 0 Å². The highest BCUT2D eigenvalue weighted by molar-refractivity contribution is 5.63. The van der Waals surface area contributed by atoms with Gasteiger partial charge >= 0.3 is 0 Å². The molecular weight excluding hydrogens is 150 g/mol. The van der Waals surface area contributed by atoms with Crippen LogP contribution in [0.25, 0.3) is 6.08 Å². The highest BCUT2D eigenvalue weighted by Crippen LogP contribution is 2.18. The Morgan fingerprint density at radius 1 is 1.67 bits per heavy atom. The molecule has 0 saturated heterocycles. The van der Waals surface area contributed by atoms with Gasteiger partial charge in [0, 0.05) is 14.0 Å². The van der Waals surface area contributed by atoms with Gasteiger partial charge in [0.2, 0.25) is 0 Å². The highest BCUT2D eigenvalue weighted by Gasteiger charge is 1.98. The third kappa shape index (κ3) is 1.50. The van der Waals surface area contributed by atoms with Crippen molar-refractivity contribution < 1.29 is 1.43 Å². The Hall–Kier alpha value is -1.64. The van der Waals surface area contributed by atoms with Crippen LogP contribution >= 0.6 is 0 Å². The van der Waals surface area contributed by atoms with Gasteiger partial charge in [-0.2, -0.15) is 0 Å². The predicted molar refractivity (Wildman–Crippen MR) is 55.2 cm³/mol. The number of hydrogen-bond donors (Lipinski definition) is 1. The van der Waals surface area contributed by atoms with E-state index in [2.05, 4.69) is 28.6 Å². The Bertz CT molecular complexity index is 310. The van der Waals surface area contributed by atoms with Crippen LogP contribution in [0.5, 0.6) is 0 Å². The normalized spacial score (nSPS) is 9.08. The summed E-state index contributed by atoms with van der Waals surface area (Å²) in [4.78, 5) is 7.95. The Morgan fingerprint density at radius 3 is 2.92 bits per heavy atom. The molecule has 0 spiro atoms. The first-order valence-electron chi connectivity index (χ1n) is 3.59. The van der Waals surface area contributed by atoms with Crippen LogP contribution in [-0.4, -0.2) is 18.7 Å². The van der Waals surface area contributed by atoms with Crippen LogP contribution in [0.15, 0.2) is 23.7 Å². The molecule has 1 heterocycles. The molecule has 1 rings (SSSR count). The fourth-order valence-electron chi connectivity index (χ4n) is 0.884. The summed E-state index contributed by atoms with van der Waals surface area (Å²) in [6.45, 7) is 7.07. The Morgan fingerprint density at radius 2 is 2.42 bits per heavy atom. The van der Waals surface area contributed by atoms with Gasteiger partial charge < -0.3 is 5.32 Å². The maximum Gasteiger partial charge on any atom is 0.160 e. The number of nitrogens with zero attached hydrogens (tertiary/aromatic N) is 2. The molecule has 0 aliphatic rings. The van der Waals surface area contributed by atoms with Gasteiger partial charge in [0.1, 0.15) is 5.82 Å². The molecule has 1 N–H and O–H groups in total. The second kappa shape index (κ2) is 3.67. The van der Waals surface area contributed by atoms with E-state index in [9.17, 15) is 0 Å². The van der Waals surface area contributed by atoms with Crippen molar-refractivity contribution in [3.63, 3.8) is 0 Å². The lowest BCUT2D eigenvalue weighted by Gasteiger charge is -2.02. The second-order valence-corrected chi connectivity index (χ2v) is 2.22. The molecule has 0 aliphatic carbocycles. The smallest absolute Gasteiger partial charge is 0.160 e. The number of aromatic nitrogens is 1. The van der Waals surface area contributed by atoms with E-state index in [0.717, 1.165) is 11.4 Å². The van der Waals surface area contributed by atoms with Gasteiger partial charge in [0.05, 0.1) is 0 Å². The van der Waals surface area contributed by atoms with Gasteiger partial charge in [-0.05, 0) is 18.9 Å². The summed E-state index contributed by atoms with van der Waals surface area (Å²) in [5.41, 5.74) is 0.893. The SMILES string of the molecule is C=Cc1ccc(NC)nc1N=C.[HH]. The van der Waals surface area contributed by atoms with Crippen molar-refractivity contribution in [2.75, 3.05) is 12.4 Å². The van der Waals surface area contributed by atoms with Gasteiger partial charge in [0.15, 0.2) is 5.82 Å². The highest BCUT2D eigenvalue weighted by atomic mass is 15.0. The lowest BCUT2D eigenvalue weighted by atomic mass is 10.2. The molecule has 0 saturated carbocycles. The van der Waals surface area contributed by atoms with Crippen molar-refractivity contribution in [3.05, 3.63) is 24.3 Å². The quantitative estimate of drug-likeness (QED) is 0.694. The number of aliphatic imine (C=N–C) groups is 1. The first-order chi connectivity index (χ1) is 5.81. The summed E-state index contributed by atoms with van der Waals surface area (Å²) in [6, 6.07) is 3.77. The number of rotatable bonds is 3. The van der Waals surface area contributed by atoms with Gasteiger partial charge in [-0.1, -0.05) is 12.7 Å². The molecule has 0 amide bonds. The van der Waals surface area contributed by atoms with Crippen molar-refractivity contribution in [2.24, 2.45) is 4.99 Å². The number of nitrogens with one attached hydrogen (secondary N) is 1. The van der Waals surface area contributed by atoms with Crippen LogP contribution in [0.3, 0.4) is 0 Å². The summed E-state index contributed by atoms with van der Waals surface area (Å²) < 4.78 is 0. The second-order valence-electron chi connectivity index (χ2n) is 2.22. The van der Waals surface area contributed by atoms with E-state index in [1.165, 1.54) is 0 Å². The molecule has 0 bridgehead atoms. The molecule has 0 radical (unpaired) electrons. The minimum atomic E-state index is 0. The molecule has 3 nitrogen and oxygen atoms in total. The third-order valence-electron chi connectivity index (χ3n) is 1.53. The maximum atomic E-state index is 4.17. The topological polar surface area (TPSA) is 37.3 Å². The van der Waals surface area contributed by atoms with Gasteiger partial charge in [0.25, 0.3) is 0 Å². The first kappa shape index (κ1) is 8.46. The summed E-state index contributed by atoms with van der Waals surface area (Å²) in [7, 11) is 1.81. The molecule has 12 heavy (non-hydrogen) atoms. The Labute approximate surface area is 73.4 Å². The standard InChI is InChI=1S/C9H11N3.H2/c1-4-7-5-6-8(10-2)12-9(7)11-3;/h4-6H,1,3H2,2H3,(H,10,12);1H. The van der Waals surface area contributed by atoms with E-state index in [4.69, 9.17) is 0 Å². The Balaban J connectivity index is 0.00000144. The Kier molecular flexibility index (Phi) is 2.58. The van der Waals surface area contributed by atoms with Crippen LogP contribution in [-0.2, 0) is 0 Å². The van der Waals surface area contributed by atoms with Crippen LogP contribution in [0.1, 0.15) is 6.99 Å². The van der Waals surface area contributed by atoms with E-state index in [0.29, 0.717) is 5.82 Å². The fraction of sp³-hybridized carbons (Fsp3) is 0.111. The molecule has 0 aliphatic heterocycles. The van der Waals surface area contributed by atoms with E-state index in [1.807, 2.05) is 19.2 Å². The molecule has 0 fully saturated rings. The summed E-state index contributed by atoms with van der Waals surface area (Å²) in [5.74, 6) is 1.39. The molecule has 0 atom stereocenters. The summed E-state index contributed by atoms with van der Waals surface area (Å²) in [5, 5.41) is 2.92. The van der Waals surface area contributed by atoms with E-state index in [1.54, 1.807) is 6.08 Å². The van der Waals surface area contributed by atoms with Crippen LogP contribution in [0.4, 0.5) is 11.6 Å². The van der Waals surface area contributed by atoms with Crippen LogP contribution in [0.2, 0.25) is 0 Å². The van der Waals surface area contributed by atoms with Crippen molar-refractivity contribution in [1.29, 1.82) is 0 Å². The summed E-state index contributed by atoms with van der Waals surface area (Å²) >= 11 is 0. The zero-order valence-electron chi connectivity index (χ0n) is 7.04. The van der Waals surface area contributed by atoms with Gasteiger partial charge in [-0.15, -0.1) is 0 Å². The largest absolute Gasteiger partial charge is 0.373 e. The maximum absolute atomic E-state index is 4.17. The van der Waals surface area contributed by atoms with Gasteiger partial charge in [-0.3, -0.25) is 0 Å². The number of anilines is 1. The zero-order valence-corrected chi connectivity index (χ0v) is 7.04. The third-order valence-corrected chi connectivity index (χ3v) is 1.53. The molecular formula is C9H13N3.